The summed E-state index contributed by atoms with van der Waals surface area (Å²) in [5.41, 5.74) is 1.04. The Morgan fingerprint density at radius 1 is 1.38 bits per heavy atom. The average molecular weight is 236 g/mol. The number of hydrogen-bond acceptors (Lipinski definition) is 4. The first-order chi connectivity index (χ1) is 7.66. The molecule has 16 heavy (non-hydrogen) atoms. The Hall–Kier alpha value is -1.36. The van der Waals surface area contributed by atoms with Crippen molar-refractivity contribution >= 4 is 17.0 Å². The number of nitrogens with one attached hydrogen (secondary N) is 1. The molecule has 2 aromatic rings. The average Bonchev–Trinajstić information content (AvgIpc) is 2.87. The Bertz CT molecular complexity index is 433. The van der Waals surface area contributed by atoms with Crippen molar-refractivity contribution in [3.05, 3.63) is 29.0 Å². The van der Waals surface area contributed by atoms with E-state index in [0.29, 0.717) is 6.04 Å². The van der Waals surface area contributed by atoms with Gasteiger partial charge in [-0.25, -0.2) is 4.98 Å². The van der Waals surface area contributed by atoms with Crippen LogP contribution in [0.3, 0.4) is 0 Å². The van der Waals surface area contributed by atoms with E-state index in [4.69, 9.17) is 0 Å². The van der Waals surface area contributed by atoms with Crippen molar-refractivity contribution in [3.8, 4) is 0 Å². The first kappa shape index (κ1) is 11.1. The maximum absolute atomic E-state index is 4.29. The zero-order chi connectivity index (χ0) is 11.5. The maximum atomic E-state index is 4.29. The van der Waals surface area contributed by atoms with Crippen LogP contribution in [0.25, 0.3) is 0 Å². The lowest BCUT2D eigenvalue weighted by Gasteiger charge is -2.10. The van der Waals surface area contributed by atoms with Gasteiger partial charge in [0.15, 0.2) is 0 Å². The van der Waals surface area contributed by atoms with Crippen LogP contribution in [0.5, 0.6) is 0 Å². The van der Waals surface area contributed by atoms with E-state index in [1.807, 2.05) is 28.7 Å². The lowest BCUT2D eigenvalue weighted by Crippen LogP contribution is -2.05. The van der Waals surface area contributed by atoms with Gasteiger partial charge in [-0.05, 0) is 20.8 Å². The third-order valence-corrected chi connectivity index (χ3v) is 3.29. The quantitative estimate of drug-likeness (QED) is 0.887. The van der Waals surface area contributed by atoms with Crippen molar-refractivity contribution in [1.82, 2.24) is 14.8 Å². The van der Waals surface area contributed by atoms with E-state index >= 15 is 0 Å². The fourth-order valence-corrected chi connectivity index (χ4v) is 2.10. The van der Waals surface area contributed by atoms with Crippen LogP contribution >= 0.6 is 11.3 Å². The van der Waals surface area contributed by atoms with Crippen molar-refractivity contribution in [2.24, 2.45) is 0 Å². The molecule has 0 aliphatic heterocycles. The van der Waals surface area contributed by atoms with Gasteiger partial charge < -0.3 is 5.32 Å². The van der Waals surface area contributed by atoms with Crippen molar-refractivity contribution in [2.45, 2.75) is 32.9 Å². The second-order valence-electron chi connectivity index (χ2n) is 4.04. The molecule has 86 valence electrons. The number of hydrogen-bond donors (Lipinski definition) is 1. The molecule has 0 fully saturated rings. The van der Waals surface area contributed by atoms with Crippen LogP contribution in [0.4, 0.5) is 5.69 Å². The zero-order valence-electron chi connectivity index (χ0n) is 9.71. The van der Waals surface area contributed by atoms with E-state index < -0.39 is 0 Å². The normalized spacial score (nSPS) is 13.0. The first-order valence-corrected chi connectivity index (χ1v) is 6.25. The summed E-state index contributed by atoms with van der Waals surface area (Å²) in [7, 11) is 0. The van der Waals surface area contributed by atoms with E-state index in [9.17, 15) is 0 Å². The Labute approximate surface area is 99.3 Å². The highest BCUT2D eigenvalue weighted by molar-refractivity contribution is 7.09. The molecule has 0 aromatic carbocycles. The van der Waals surface area contributed by atoms with Crippen LogP contribution in [-0.2, 0) is 0 Å². The molecular weight excluding hydrogens is 220 g/mol. The molecule has 5 heteroatoms. The van der Waals surface area contributed by atoms with Gasteiger partial charge >= 0.3 is 0 Å². The Kier molecular flexibility index (Phi) is 3.24. The summed E-state index contributed by atoms with van der Waals surface area (Å²) in [5.74, 6) is 0. The smallest absolute Gasteiger partial charge is 0.115 e. The third kappa shape index (κ3) is 2.41. The standard InChI is InChI=1S/C11H16N4S/c1-8(2)15-7-10(6-13-15)14-9(3)11-12-4-5-16-11/h4-9,14H,1-3H3. The molecule has 1 N–H and O–H groups in total. The number of thiazole rings is 1. The highest BCUT2D eigenvalue weighted by Gasteiger charge is 2.09. The van der Waals surface area contributed by atoms with Crippen LogP contribution in [0.15, 0.2) is 24.0 Å². The minimum absolute atomic E-state index is 0.227. The van der Waals surface area contributed by atoms with Gasteiger partial charge in [0.05, 0.1) is 17.9 Å². The number of rotatable bonds is 4. The molecule has 0 amide bonds. The van der Waals surface area contributed by atoms with E-state index in [-0.39, 0.29) is 6.04 Å². The van der Waals surface area contributed by atoms with Gasteiger partial charge in [-0.1, -0.05) is 0 Å². The summed E-state index contributed by atoms with van der Waals surface area (Å²) in [6, 6.07) is 0.621. The predicted octanol–water partition coefficient (Wildman–Crippen LogP) is 3.09. The molecule has 2 rings (SSSR count). The lowest BCUT2D eigenvalue weighted by molar-refractivity contribution is 0.532. The molecule has 1 atom stereocenters. The van der Waals surface area contributed by atoms with Crippen LogP contribution in [-0.4, -0.2) is 14.8 Å². The van der Waals surface area contributed by atoms with Gasteiger partial charge in [-0.15, -0.1) is 11.3 Å². The topological polar surface area (TPSA) is 42.7 Å². The van der Waals surface area contributed by atoms with Gasteiger partial charge in [0.1, 0.15) is 5.01 Å². The van der Waals surface area contributed by atoms with Gasteiger partial charge in [0.2, 0.25) is 0 Å². The second-order valence-corrected chi connectivity index (χ2v) is 4.97. The summed E-state index contributed by atoms with van der Waals surface area (Å²) in [4.78, 5) is 4.28. The fourth-order valence-electron chi connectivity index (χ4n) is 1.46. The molecule has 2 heterocycles. The van der Waals surface area contributed by atoms with E-state index in [2.05, 4.69) is 36.2 Å². The highest BCUT2D eigenvalue weighted by Crippen LogP contribution is 2.20. The molecule has 0 radical (unpaired) electrons. The van der Waals surface area contributed by atoms with E-state index in [0.717, 1.165) is 10.7 Å². The SMILES string of the molecule is CC(Nc1cnn(C(C)C)c1)c1nccs1. The Morgan fingerprint density at radius 2 is 2.19 bits per heavy atom. The molecule has 1 unspecified atom stereocenters. The Balaban J connectivity index is 2.03. The van der Waals surface area contributed by atoms with Gasteiger partial charge in [0, 0.05) is 23.8 Å². The Morgan fingerprint density at radius 3 is 2.75 bits per heavy atom. The first-order valence-electron chi connectivity index (χ1n) is 5.37. The molecule has 4 nitrogen and oxygen atoms in total. The largest absolute Gasteiger partial charge is 0.374 e. The minimum atomic E-state index is 0.227. The van der Waals surface area contributed by atoms with E-state index in [1.165, 1.54) is 0 Å². The van der Waals surface area contributed by atoms with Crippen molar-refractivity contribution in [1.29, 1.82) is 0 Å². The summed E-state index contributed by atoms with van der Waals surface area (Å²) in [6.45, 7) is 6.33. The lowest BCUT2D eigenvalue weighted by atomic mass is 10.3. The molecule has 2 aromatic heterocycles. The highest BCUT2D eigenvalue weighted by atomic mass is 32.1. The van der Waals surface area contributed by atoms with Crippen molar-refractivity contribution in [2.75, 3.05) is 5.32 Å². The van der Waals surface area contributed by atoms with Crippen LogP contribution in [0.2, 0.25) is 0 Å². The van der Waals surface area contributed by atoms with Crippen LogP contribution < -0.4 is 5.32 Å². The van der Waals surface area contributed by atoms with E-state index in [1.54, 1.807) is 11.3 Å². The number of nitrogens with zero attached hydrogens (tertiary/aromatic N) is 3. The van der Waals surface area contributed by atoms with Gasteiger partial charge in [0.25, 0.3) is 0 Å². The van der Waals surface area contributed by atoms with Crippen molar-refractivity contribution < 1.29 is 0 Å². The third-order valence-electron chi connectivity index (χ3n) is 2.34. The molecule has 0 spiro atoms. The summed E-state index contributed by atoms with van der Waals surface area (Å²) in [6.07, 6.45) is 5.70. The maximum Gasteiger partial charge on any atom is 0.115 e. The molecular formula is C11H16N4S. The molecule has 0 saturated carbocycles. The zero-order valence-corrected chi connectivity index (χ0v) is 10.5. The fraction of sp³-hybridized carbons (Fsp3) is 0.455. The summed E-state index contributed by atoms with van der Waals surface area (Å²) < 4.78 is 1.94. The molecule has 0 aliphatic carbocycles. The number of anilines is 1. The molecule has 0 aliphatic rings. The predicted molar refractivity (Wildman–Crippen MR) is 66.8 cm³/mol. The summed E-state index contributed by atoms with van der Waals surface area (Å²) >= 11 is 1.66. The molecule has 0 bridgehead atoms. The minimum Gasteiger partial charge on any atom is -0.374 e. The van der Waals surface area contributed by atoms with Gasteiger partial charge in [-0.2, -0.15) is 5.10 Å². The monoisotopic (exact) mass is 236 g/mol. The molecule has 0 saturated heterocycles. The second kappa shape index (κ2) is 4.65. The van der Waals surface area contributed by atoms with Gasteiger partial charge in [-0.3, -0.25) is 4.68 Å². The summed E-state index contributed by atoms with van der Waals surface area (Å²) in [5, 5.41) is 10.8. The van der Waals surface area contributed by atoms with Crippen LogP contribution in [0, 0.1) is 0 Å². The van der Waals surface area contributed by atoms with Crippen LogP contribution in [0.1, 0.15) is 37.9 Å². The van der Waals surface area contributed by atoms with Crippen molar-refractivity contribution in [3.63, 3.8) is 0 Å². The number of aromatic nitrogens is 3.